The van der Waals surface area contributed by atoms with Gasteiger partial charge in [-0.1, -0.05) is 42.1 Å². The van der Waals surface area contributed by atoms with Gasteiger partial charge in [-0.3, -0.25) is 4.79 Å². The van der Waals surface area contributed by atoms with Crippen LogP contribution in [0.2, 0.25) is 0 Å². The first-order valence-electron chi connectivity index (χ1n) is 9.68. The highest BCUT2D eigenvalue weighted by Gasteiger charge is 2.38. The molecular weight excluding hydrogens is 344 g/mol. The summed E-state index contributed by atoms with van der Waals surface area (Å²) in [7, 11) is 0. The van der Waals surface area contributed by atoms with E-state index in [1.807, 2.05) is 49.1 Å². The number of benzene rings is 1. The van der Waals surface area contributed by atoms with Crippen LogP contribution >= 0.6 is 11.8 Å². The largest absolute Gasteiger partial charge is 0.342 e. The van der Waals surface area contributed by atoms with Crippen LogP contribution < -0.4 is 0 Å². The molecule has 2 aromatic rings. The van der Waals surface area contributed by atoms with Gasteiger partial charge in [-0.15, -0.1) is 10.2 Å². The van der Waals surface area contributed by atoms with E-state index in [1.54, 1.807) is 11.8 Å². The van der Waals surface area contributed by atoms with E-state index in [1.165, 1.54) is 25.7 Å². The van der Waals surface area contributed by atoms with Gasteiger partial charge in [0.05, 0.1) is 0 Å². The summed E-state index contributed by atoms with van der Waals surface area (Å²) in [5.41, 5.74) is 1.03. The molecule has 2 fully saturated rings. The normalized spacial score (nSPS) is 17.9. The van der Waals surface area contributed by atoms with Crippen molar-refractivity contribution in [2.24, 2.45) is 0 Å². The fourth-order valence-corrected chi connectivity index (χ4v) is 4.56. The smallest absolute Gasteiger partial charge is 0.240 e. The molecule has 1 amide bonds. The molecule has 1 heterocycles. The molecule has 1 aromatic heterocycles. The number of nitrogens with zero attached hydrogens (tertiary/aromatic N) is 4. The van der Waals surface area contributed by atoms with Crippen LogP contribution in [0, 0.1) is 0 Å². The molecule has 0 aliphatic heterocycles. The van der Waals surface area contributed by atoms with Gasteiger partial charge in [-0.05, 0) is 45.1 Å². The Morgan fingerprint density at radius 3 is 2.42 bits per heavy atom. The second kappa shape index (κ2) is 7.43. The zero-order valence-corrected chi connectivity index (χ0v) is 16.3. The van der Waals surface area contributed by atoms with Crippen molar-refractivity contribution >= 4 is 17.7 Å². The van der Waals surface area contributed by atoms with Gasteiger partial charge in [-0.2, -0.15) is 0 Å². The summed E-state index contributed by atoms with van der Waals surface area (Å²) in [6, 6.07) is 10.6. The zero-order valence-electron chi connectivity index (χ0n) is 15.5. The third-order valence-corrected chi connectivity index (χ3v) is 6.37. The number of carbonyl (C=O) groups excluding carboxylic acids is 1. The standard InChI is InChI=1S/C20H26N4OS/c1-3-23(4-2)19(25)17(14-8-6-5-7-9-14)26-20-22-21-18(15-10-11-15)24(20)16-12-13-16/h5-9,15-17H,3-4,10-13H2,1-2H3. The van der Waals surface area contributed by atoms with Crippen molar-refractivity contribution in [1.82, 2.24) is 19.7 Å². The summed E-state index contributed by atoms with van der Waals surface area (Å²) >= 11 is 1.57. The summed E-state index contributed by atoms with van der Waals surface area (Å²) in [6.45, 7) is 5.52. The molecule has 0 saturated heterocycles. The quantitative estimate of drug-likeness (QED) is 0.654. The van der Waals surface area contributed by atoms with Gasteiger partial charge in [-0.25, -0.2) is 0 Å². The second-order valence-electron chi connectivity index (χ2n) is 7.14. The first-order valence-corrected chi connectivity index (χ1v) is 10.6. The SMILES string of the molecule is CCN(CC)C(=O)C(Sc1nnc(C2CC2)n1C1CC1)c1ccccc1. The highest BCUT2D eigenvalue weighted by atomic mass is 32.2. The number of aromatic nitrogens is 3. The summed E-state index contributed by atoms with van der Waals surface area (Å²) in [5, 5.41) is 9.63. The van der Waals surface area contributed by atoms with E-state index in [0.717, 1.165) is 29.6 Å². The molecule has 2 aliphatic carbocycles. The van der Waals surface area contributed by atoms with E-state index < -0.39 is 0 Å². The van der Waals surface area contributed by atoms with E-state index >= 15 is 0 Å². The average molecular weight is 371 g/mol. The summed E-state index contributed by atoms with van der Waals surface area (Å²) in [4.78, 5) is 15.1. The maximum atomic E-state index is 13.2. The lowest BCUT2D eigenvalue weighted by Crippen LogP contribution is -2.34. The van der Waals surface area contributed by atoms with Crippen molar-refractivity contribution in [3.8, 4) is 0 Å². The van der Waals surface area contributed by atoms with E-state index in [2.05, 4.69) is 14.8 Å². The molecule has 0 radical (unpaired) electrons. The van der Waals surface area contributed by atoms with Crippen molar-refractivity contribution < 1.29 is 4.79 Å². The van der Waals surface area contributed by atoms with Gasteiger partial charge in [0.15, 0.2) is 5.16 Å². The van der Waals surface area contributed by atoms with Crippen LogP contribution in [0.25, 0.3) is 0 Å². The van der Waals surface area contributed by atoms with Gasteiger partial charge >= 0.3 is 0 Å². The lowest BCUT2D eigenvalue weighted by atomic mass is 10.1. The second-order valence-corrected chi connectivity index (χ2v) is 8.21. The fourth-order valence-electron chi connectivity index (χ4n) is 3.36. The minimum Gasteiger partial charge on any atom is -0.342 e. The Morgan fingerprint density at radius 2 is 1.85 bits per heavy atom. The van der Waals surface area contributed by atoms with Crippen LogP contribution in [0.15, 0.2) is 35.5 Å². The number of carbonyl (C=O) groups is 1. The van der Waals surface area contributed by atoms with E-state index in [0.29, 0.717) is 12.0 Å². The van der Waals surface area contributed by atoms with E-state index in [9.17, 15) is 4.79 Å². The maximum absolute atomic E-state index is 13.2. The van der Waals surface area contributed by atoms with E-state index in [-0.39, 0.29) is 11.2 Å². The zero-order chi connectivity index (χ0) is 18.1. The number of thioether (sulfide) groups is 1. The lowest BCUT2D eigenvalue weighted by molar-refractivity contribution is -0.130. The molecule has 6 heteroatoms. The average Bonchev–Trinajstić information content (AvgIpc) is 3.60. The predicted octanol–water partition coefficient (Wildman–Crippen LogP) is 4.19. The minimum atomic E-state index is -0.273. The van der Waals surface area contributed by atoms with Crippen molar-refractivity contribution in [3.63, 3.8) is 0 Å². The molecule has 2 saturated carbocycles. The number of amides is 1. The molecule has 0 bridgehead atoms. The van der Waals surface area contributed by atoms with Crippen molar-refractivity contribution in [2.75, 3.05) is 13.1 Å². The Labute approximate surface area is 159 Å². The maximum Gasteiger partial charge on any atom is 0.240 e. The third kappa shape index (κ3) is 3.52. The number of likely N-dealkylation sites (N-methyl/N-ethyl adjacent to an activating group) is 1. The number of hydrogen-bond acceptors (Lipinski definition) is 4. The molecule has 4 rings (SSSR count). The van der Waals surface area contributed by atoms with Gasteiger partial charge in [0.2, 0.25) is 5.91 Å². The summed E-state index contributed by atoms with van der Waals surface area (Å²) in [6.07, 6.45) is 4.84. The molecule has 26 heavy (non-hydrogen) atoms. The van der Waals surface area contributed by atoms with Crippen LogP contribution in [0.1, 0.15) is 68.1 Å². The molecular formula is C20H26N4OS. The van der Waals surface area contributed by atoms with E-state index in [4.69, 9.17) is 0 Å². The van der Waals surface area contributed by atoms with Crippen LogP contribution in [-0.2, 0) is 4.79 Å². The monoisotopic (exact) mass is 370 g/mol. The molecule has 1 aromatic carbocycles. The number of rotatable bonds is 8. The molecule has 2 aliphatic rings. The molecule has 1 atom stereocenters. The Morgan fingerprint density at radius 1 is 1.15 bits per heavy atom. The molecule has 5 nitrogen and oxygen atoms in total. The summed E-state index contributed by atoms with van der Waals surface area (Å²) in [5.74, 6) is 1.87. The molecule has 0 spiro atoms. The first kappa shape index (κ1) is 17.6. The predicted molar refractivity (Wildman–Crippen MR) is 103 cm³/mol. The van der Waals surface area contributed by atoms with Crippen molar-refractivity contribution in [1.29, 1.82) is 0 Å². The Hall–Kier alpha value is -1.82. The number of hydrogen-bond donors (Lipinski definition) is 0. The highest BCUT2D eigenvalue weighted by molar-refractivity contribution is 8.00. The molecule has 138 valence electrons. The highest BCUT2D eigenvalue weighted by Crippen LogP contribution is 2.47. The lowest BCUT2D eigenvalue weighted by Gasteiger charge is -2.25. The van der Waals surface area contributed by atoms with Crippen LogP contribution in [0.5, 0.6) is 0 Å². The summed E-state index contributed by atoms with van der Waals surface area (Å²) < 4.78 is 2.33. The van der Waals surface area contributed by atoms with Gasteiger partial charge in [0.25, 0.3) is 0 Å². The molecule has 0 N–H and O–H groups in total. The van der Waals surface area contributed by atoms with Crippen LogP contribution in [0.3, 0.4) is 0 Å². The Bertz CT molecular complexity index is 763. The van der Waals surface area contributed by atoms with Crippen molar-refractivity contribution in [3.05, 3.63) is 41.7 Å². The van der Waals surface area contributed by atoms with Gasteiger partial charge in [0, 0.05) is 25.0 Å². The Kier molecular flexibility index (Phi) is 5.02. The minimum absolute atomic E-state index is 0.157. The van der Waals surface area contributed by atoms with Crippen LogP contribution in [0.4, 0.5) is 0 Å². The Balaban J connectivity index is 1.66. The molecule has 1 unspecified atom stereocenters. The third-order valence-electron chi connectivity index (χ3n) is 5.17. The first-order chi connectivity index (χ1) is 12.7. The topological polar surface area (TPSA) is 51.0 Å². The fraction of sp³-hybridized carbons (Fsp3) is 0.550. The van der Waals surface area contributed by atoms with Gasteiger partial charge < -0.3 is 9.47 Å². The van der Waals surface area contributed by atoms with Gasteiger partial charge in [0.1, 0.15) is 11.1 Å². The van der Waals surface area contributed by atoms with Crippen LogP contribution in [-0.4, -0.2) is 38.7 Å². The van der Waals surface area contributed by atoms with Crippen molar-refractivity contribution in [2.45, 2.75) is 61.9 Å².